The normalized spacial score (nSPS) is 23.9. The standard InChI is InChI=1S/C18H25FN4O5S/c1-11(24)20-13-3-5-14(6-4-13)22(2)9-12-7-15(19)18(16(25)8-12)23-10-17(26)21-29(23,27)28/h7-8,13-14,25H,3-6,9-10H2,1-2H3,(H,20,24)(H,21,26). The highest BCUT2D eigenvalue weighted by atomic mass is 32.2. The topological polar surface area (TPSA) is 119 Å². The predicted octanol–water partition coefficient (Wildman–Crippen LogP) is 0.591. The molecule has 1 saturated heterocycles. The summed E-state index contributed by atoms with van der Waals surface area (Å²) >= 11 is 0. The van der Waals surface area contributed by atoms with Crippen molar-refractivity contribution in [2.24, 2.45) is 0 Å². The molecule has 0 aromatic heterocycles. The Labute approximate surface area is 169 Å². The highest BCUT2D eigenvalue weighted by molar-refractivity contribution is 7.92. The molecule has 29 heavy (non-hydrogen) atoms. The number of halogens is 1. The number of phenols is 1. The molecule has 2 amide bonds. The van der Waals surface area contributed by atoms with Crippen LogP contribution in [0.2, 0.25) is 0 Å². The van der Waals surface area contributed by atoms with Crippen LogP contribution >= 0.6 is 0 Å². The third kappa shape index (κ3) is 4.78. The number of hydrogen-bond acceptors (Lipinski definition) is 6. The van der Waals surface area contributed by atoms with Crippen molar-refractivity contribution in [1.82, 2.24) is 14.9 Å². The zero-order valence-corrected chi connectivity index (χ0v) is 17.1. The number of carbonyl (C=O) groups is 2. The number of anilines is 1. The maximum absolute atomic E-state index is 14.6. The van der Waals surface area contributed by atoms with Gasteiger partial charge in [0.2, 0.25) is 5.91 Å². The zero-order chi connectivity index (χ0) is 21.3. The number of rotatable bonds is 5. The van der Waals surface area contributed by atoms with E-state index in [1.54, 1.807) is 4.72 Å². The van der Waals surface area contributed by atoms with Gasteiger partial charge in [-0.3, -0.25) is 14.5 Å². The number of aromatic hydroxyl groups is 1. The van der Waals surface area contributed by atoms with Gasteiger partial charge in [-0.2, -0.15) is 8.42 Å². The van der Waals surface area contributed by atoms with E-state index in [9.17, 15) is 27.5 Å². The van der Waals surface area contributed by atoms with Crippen molar-refractivity contribution < 1.29 is 27.5 Å². The van der Waals surface area contributed by atoms with Gasteiger partial charge in [0.05, 0.1) is 0 Å². The van der Waals surface area contributed by atoms with Gasteiger partial charge in [-0.1, -0.05) is 0 Å². The van der Waals surface area contributed by atoms with E-state index in [4.69, 9.17) is 0 Å². The van der Waals surface area contributed by atoms with E-state index in [0.29, 0.717) is 16.4 Å². The number of nitrogens with one attached hydrogen (secondary N) is 2. The molecule has 2 aliphatic rings. The molecule has 3 rings (SSSR count). The molecular weight excluding hydrogens is 403 g/mol. The van der Waals surface area contributed by atoms with Gasteiger partial charge in [0.15, 0.2) is 5.82 Å². The van der Waals surface area contributed by atoms with E-state index >= 15 is 0 Å². The third-order valence-electron chi connectivity index (χ3n) is 5.33. The van der Waals surface area contributed by atoms with Crippen LogP contribution in [0.4, 0.5) is 10.1 Å². The van der Waals surface area contributed by atoms with Gasteiger partial charge in [0.1, 0.15) is 18.0 Å². The third-order valence-corrected chi connectivity index (χ3v) is 6.71. The Morgan fingerprint density at radius 3 is 2.52 bits per heavy atom. The number of phenolic OH excluding ortho intramolecular Hbond substituents is 1. The van der Waals surface area contributed by atoms with Crippen molar-refractivity contribution in [3.63, 3.8) is 0 Å². The molecule has 9 nitrogen and oxygen atoms in total. The quantitative estimate of drug-likeness (QED) is 0.632. The Morgan fingerprint density at radius 2 is 2.00 bits per heavy atom. The summed E-state index contributed by atoms with van der Waals surface area (Å²) in [6, 6.07) is 2.92. The van der Waals surface area contributed by atoms with Gasteiger partial charge < -0.3 is 10.4 Å². The molecule has 1 aromatic carbocycles. The Bertz CT molecular complexity index is 892. The van der Waals surface area contributed by atoms with E-state index in [-0.39, 0.29) is 18.0 Å². The second-order valence-electron chi connectivity index (χ2n) is 7.60. The minimum atomic E-state index is -4.21. The SMILES string of the molecule is CC(=O)NC1CCC(N(C)Cc2cc(O)c(N3CC(=O)NS3(=O)=O)c(F)c2)CC1. The van der Waals surface area contributed by atoms with Crippen molar-refractivity contribution in [3.8, 4) is 5.75 Å². The molecule has 1 aliphatic heterocycles. The van der Waals surface area contributed by atoms with Crippen LogP contribution in [0, 0.1) is 5.82 Å². The molecule has 160 valence electrons. The molecule has 1 aromatic rings. The molecule has 0 bridgehead atoms. The Hall–Kier alpha value is -2.40. The van der Waals surface area contributed by atoms with E-state index in [1.165, 1.54) is 19.1 Å². The molecule has 0 unspecified atom stereocenters. The van der Waals surface area contributed by atoms with Gasteiger partial charge in [-0.25, -0.2) is 13.4 Å². The fraction of sp³-hybridized carbons (Fsp3) is 0.556. The fourth-order valence-electron chi connectivity index (χ4n) is 3.99. The van der Waals surface area contributed by atoms with Crippen molar-refractivity contribution in [3.05, 3.63) is 23.5 Å². The summed E-state index contributed by atoms with van der Waals surface area (Å²) in [6.07, 6.45) is 3.49. The number of amides is 2. The first-order valence-corrected chi connectivity index (χ1v) is 10.8. The second kappa shape index (κ2) is 8.15. The molecule has 0 atom stereocenters. The van der Waals surface area contributed by atoms with Gasteiger partial charge in [-0.15, -0.1) is 0 Å². The Kier molecular flexibility index (Phi) is 5.99. The van der Waals surface area contributed by atoms with Gasteiger partial charge in [0.25, 0.3) is 5.91 Å². The zero-order valence-electron chi connectivity index (χ0n) is 16.3. The average molecular weight is 428 g/mol. The molecule has 1 saturated carbocycles. The maximum Gasteiger partial charge on any atom is 0.326 e. The molecule has 2 fully saturated rings. The van der Waals surface area contributed by atoms with Crippen LogP contribution in [0.1, 0.15) is 38.2 Å². The summed E-state index contributed by atoms with van der Waals surface area (Å²) in [5.74, 6) is -2.28. The molecular formula is C18H25FN4O5S. The first kappa shape index (κ1) is 21.3. The first-order chi connectivity index (χ1) is 13.6. The molecule has 11 heteroatoms. The monoisotopic (exact) mass is 428 g/mol. The van der Waals surface area contributed by atoms with Crippen LogP contribution in [-0.4, -0.2) is 55.9 Å². The number of carbonyl (C=O) groups excluding carboxylic acids is 2. The number of hydrogen-bond donors (Lipinski definition) is 3. The van der Waals surface area contributed by atoms with Crippen LogP contribution in [-0.2, 0) is 26.3 Å². The van der Waals surface area contributed by atoms with Crippen molar-refractivity contribution in [2.75, 3.05) is 17.9 Å². The average Bonchev–Trinajstić information content (AvgIpc) is 2.86. The molecule has 3 N–H and O–H groups in total. The van der Waals surface area contributed by atoms with E-state index in [2.05, 4.69) is 10.2 Å². The lowest BCUT2D eigenvalue weighted by Crippen LogP contribution is -2.41. The van der Waals surface area contributed by atoms with Crippen LogP contribution in [0.3, 0.4) is 0 Å². The summed E-state index contributed by atoms with van der Waals surface area (Å²) in [6.45, 7) is 1.29. The van der Waals surface area contributed by atoms with Gasteiger partial charge in [0, 0.05) is 25.6 Å². The van der Waals surface area contributed by atoms with Gasteiger partial charge >= 0.3 is 10.2 Å². The highest BCUT2D eigenvalue weighted by Crippen LogP contribution is 2.35. The number of benzene rings is 1. The lowest BCUT2D eigenvalue weighted by Gasteiger charge is -2.35. The Balaban J connectivity index is 1.68. The molecule has 0 spiro atoms. The lowest BCUT2D eigenvalue weighted by molar-refractivity contribution is -0.120. The number of nitrogens with zero attached hydrogens (tertiary/aromatic N) is 2. The van der Waals surface area contributed by atoms with Crippen LogP contribution in [0.25, 0.3) is 0 Å². The van der Waals surface area contributed by atoms with Crippen molar-refractivity contribution in [2.45, 2.75) is 51.2 Å². The van der Waals surface area contributed by atoms with Crippen molar-refractivity contribution >= 4 is 27.7 Å². The highest BCUT2D eigenvalue weighted by Gasteiger charge is 2.37. The second-order valence-corrected chi connectivity index (χ2v) is 9.20. The van der Waals surface area contributed by atoms with E-state index < -0.39 is 39.9 Å². The van der Waals surface area contributed by atoms with E-state index in [0.717, 1.165) is 25.7 Å². The smallest absolute Gasteiger partial charge is 0.326 e. The first-order valence-electron chi connectivity index (χ1n) is 9.39. The fourth-order valence-corrected chi connectivity index (χ4v) is 5.16. The summed E-state index contributed by atoms with van der Waals surface area (Å²) in [5, 5.41) is 13.2. The minimum absolute atomic E-state index is 0.0373. The van der Waals surface area contributed by atoms with Crippen LogP contribution in [0.15, 0.2) is 12.1 Å². The molecule has 1 heterocycles. The van der Waals surface area contributed by atoms with Crippen LogP contribution in [0.5, 0.6) is 5.75 Å². The molecule has 1 aliphatic carbocycles. The van der Waals surface area contributed by atoms with Crippen molar-refractivity contribution in [1.29, 1.82) is 0 Å². The van der Waals surface area contributed by atoms with Crippen LogP contribution < -0.4 is 14.3 Å². The Morgan fingerprint density at radius 1 is 1.34 bits per heavy atom. The largest absolute Gasteiger partial charge is 0.506 e. The summed E-state index contributed by atoms with van der Waals surface area (Å²) in [4.78, 5) is 24.6. The lowest BCUT2D eigenvalue weighted by atomic mass is 9.90. The summed E-state index contributed by atoms with van der Waals surface area (Å²) in [7, 11) is -2.31. The minimum Gasteiger partial charge on any atom is -0.506 e. The molecule has 0 radical (unpaired) electrons. The predicted molar refractivity (Wildman–Crippen MR) is 104 cm³/mol. The van der Waals surface area contributed by atoms with Gasteiger partial charge in [-0.05, 0) is 50.4 Å². The summed E-state index contributed by atoms with van der Waals surface area (Å²) in [5.41, 5.74) is -0.0447. The summed E-state index contributed by atoms with van der Waals surface area (Å²) < 4.78 is 40.8. The van der Waals surface area contributed by atoms with E-state index in [1.807, 2.05) is 7.05 Å². The maximum atomic E-state index is 14.6.